The molecule has 0 bridgehead atoms. The van der Waals surface area contributed by atoms with Gasteiger partial charge in [-0.05, 0) is 23.8 Å². The van der Waals surface area contributed by atoms with Gasteiger partial charge < -0.3 is 9.47 Å². The Hall–Kier alpha value is -2.26. The number of methoxy groups -OCH3 is 2. The van der Waals surface area contributed by atoms with Crippen molar-refractivity contribution in [2.24, 2.45) is 0 Å². The van der Waals surface area contributed by atoms with Crippen molar-refractivity contribution in [3.63, 3.8) is 0 Å². The summed E-state index contributed by atoms with van der Waals surface area (Å²) in [5.41, 5.74) is -1.02. The number of nitrogens with zero attached hydrogens (tertiary/aromatic N) is 1. The number of hydrogen-bond donors (Lipinski definition) is 0. The van der Waals surface area contributed by atoms with E-state index in [4.69, 9.17) is 9.47 Å². The van der Waals surface area contributed by atoms with Crippen LogP contribution in [0.5, 0.6) is 11.5 Å². The Labute approximate surface area is 150 Å². The van der Waals surface area contributed by atoms with E-state index in [9.17, 15) is 21.6 Å². The maximum absolute atomic E-state index is 13.1. The van der Waals surface area contributed by atoms with Gasteiger partial charge in [0.05, 0.1) is 19.8 Å². The van der Waals surface area contributed by atoms with E-state index in [1.165, 1.54) is 57.7 Å². The Morgan fingerprint density at radius 1 is 1.04 bits per heavy atom. The minimum absolute atomic E-state index is 0.0711. The first-order chi connectivity index (χ1) is 12.1. The molecule has 0 N–H and O–H groups in total. The lowest BCUT2D eigenvalue weighted by Gasteiger charge is -2.21. The first kappa shape index (κ1) is 20.1. The number of rotatable bonds is 6. The molecule has 0 aromatic heterocycles. The normalized spacial score (nSPS) is 12.3. The van der Waals surface area contributed by atoms with Crippen LogP contribution in [0.2, 0.25) is 0 Å². The van der Waals surface area contributed by atoms with Crippen molar-refractivity contribution in [3.8, 4) is 11.5 Å². The molecule has 0 atom stereocenters. The van der Waals surface area contributed by atoms with E-state index < -0.39 is 28.3 Å². The summed E-state index contributed by atoms with van der Waals surface area (Å²) < 4.78 is 76.0. The van der Waals surface area contributed by atoms with E-state index in [1.807, 2.05) is 0 Å². The van der Waals surface area contributed by atoms with Crippen molar-refractivity contribution in [2.75, 3.05) is 21.3 Å². The van der Waals surface area contributed by atoms with Crippen LogP contribution in [0.4, 0.5) is 13.2 Å². The van der Waals surface area contributed by atoms with E-state index >= 15 is 0 Å². The molecule has 0 aliphatic rings. The van der Waals surface area contributed by atoms with E-state index in [2.05, 4.69) is 0 Å². The second-order valence-corrected chi connectivity index (χ2v) is 7.45. The summed E-state index contributed by atoms with van der Waals surface area (Å²) in [7, 11) is -0.222. The molecule has 0 aliphatic heterocycles. The van der Waals surface area contributed by atoms with Gasteiger partial charge in [-0.3, -0.25) is 0 Å². The van der Waals surface area contributed by atoms with Crippen molar-refractivity contribution < 1.29 is 31.1 Å². The zero-order valence-corrected chi connectivity index (χ0v) is 15.2. The summed E-state index contributed by atoms with van der Waals surface area (Å²) in [6.45, 7) is -0.446. The lowest BCUT2D eigenvalue weighted by molar-refractivity contribution is -0.138. The van der Waals surface area contributed by atoms with Crippen LogP contribution >= 0.6 is 0 Å². The van der Waals surface area contributed by atoms with Crippen molar-refractivity contribution in [1.29, 1.82) is 0 Å². The molecule has 0 fully saturated rings. The summed E-state index contributed by atoms with van der Waals surface area (Å²) in [5.74, 6) is 0.357. The quantitative estimate of drug-likeness (QED) is 0.758. The van der Waals surface area contributed by atoms with E-state index in [0.717, 1.165) is 10.4 Å². The summed E-state index contributed by atoms with van der Waals surface area (Å²) in [6.07, 6.45) is -4.57. The highest BCUT2D eigenvalue weighted by Crippen LogP contribution is 2.34. The molecular weight excluding hydrogens is 371 g/mol. The summed E-state index contributed by atoms with van der Waals surface area (Å²) in [5, 5.41) is 0. The Balaban J connectivity index is 2.43. The first-order valence-corrected chi connectivity index (χ1v) is 8.88. The van der Waals surface area contributed by atoms with Gasteiger partial charge in [-0.1, -0.05) is 18.2 Å². The molecule has 0 amide bonds. The number of sulfonamides is 1. The SMILES string of the molecule is COc1ccc(OC)c(S(=O)(=O)N(C)Cc2ccccc2C(F)(F)F)c1. The van der Waals surface area contributed by atoms with Crippen molar-refractivity contribution >= 4 is 10.0 Å². The summed E-state index contributed by atoms with van der Waals surface area (Å²) >= 11 is 0. The van der Waals surface area contributed by atoms with Crippen LogP contribution in [0.15, 0.2) is 47.4 Å². The molecule has 0 unspecified atom stereocenters. The van der Waals surface area contributed by atoms with Gasteiger partial charge in [0.1, 0.15) is 16.4 Å². The predicted octanol–water partition coefficient (Wildman–Crippen LogP) is 3.54. The van der Waals surface area contributed by atoms with Crippen LogP contribution in [-0.2, 0) is 22.7 Å². The number of alkyl halides is 3. The number of benzene rings is 2. The van der Waals surface area contributed by atoms with Crippen molar-refractivity contribution in [2.45, 2.75) is 17.6 Å². The number of ether oxygens (including phenoxy) is 2. The lowest BCUT2D eigenvalue weighted by Crippen LogP contribution is -2.28. The third-order valence-electron chi connectivity index (χ3n) is 3.77. The Kier molecular flexibility index (Phi) is 5.82. The topological polar surface area (TPSA) is 55.8 Å². The van der Waals surface area contributed by atoms with Gasteiger partial charge >= 0.3 is 6.18 Å². The minimum Gasteiger partial charge on any atom is -0.497 e. The highest BCUT2D eigenvalue weighted by atomic mass is 32.2. The summed E-state index contributed by atoms with van der Waals surface area (Å²) in [6, 6.07) is 9.06. The van der Waals surface area contributed by atoms with Gasteiger partial charge in [0, 0.05) is 19.7 Å². The third-order valence-corrected chi connectivity index (χ3v) is 5.60. The smallest absolute Gasteiger partial charge is 0.416 e. The van der Waals surface area contributed by atoms with Gasteiger partial charge in [0.2, 0.25) is 10.0 Å². The van der Waals surface area contributed by atoms with E-state index in [-0.39, 0.29) is 22.0 Å². The molecule has 0 spiro atoms. The molecule has 142 valence electrons. The molecule has 26 heavy (non-hydrogen) atoms. The Morgan fingerprint density at radius 3 is 2.27 bits per heavy atom. The molecule has 0 aliphatic carbocycles. The average molecular weight is 389 g/mol. The number of halogens is 3. The molecule has 0 radical (unpaired) electrons. The standard InChI is InChI=1S/C17H18F3NO4S/c1-21(11-12-6-4-5-7-14(12)17(18,19)20)26(22,23)16-10-13(24-2)8-9-15(16)25-3/h4-10H,11H2,1-3H3. The monoisotopic (exact) mass is 389 g/mol. The first-order valence-electron chi connectivity index (χ1n) is 7.44. The molecule has 2 rings (SSSR count). The zero-order valence-electron chi connectivity index (χ0n) is 14.4. The molecule has 0 saturated carbocycles. The summed E-state index contributed by atoms with van der Waals surface area (Å²) in [4.78, 5) is -0.189. The number of hydrogen-bond acceptors (Lipinski definition) is 4. The maximum Gasteiger partial charge on any atom is 0.416 e. The molecular formula is C17H18F3NO4S. The molecule has 0 heterocycles. The molecule has 9 heteroatoms. The van der Waals surface area contributed by atoms with Crippen molar-refractivity contribution in [3.05, 3.63) is 53.6 Å². The average Bonchev–Trinajstić information content (AvgIpc) is 2.60. The van der Waals surface area contributed by atoms with Gasteiger partial charge in [0.25, 0.3) is 0 Å². The predicted molar refractivity (Wildman–Crippen MR) is 89.6 cm³/mol. The fourth-order valence-corrected chi connectivity index (χ4v) is 3.73. The zero-order chi connectivity index (χ0) is 19.5. The van der Waals surface area contributed by atoms with Crippen molar-refractivity contribution in [1.82, 2.24) is 4.31 Å². The van der Waals surface area contributed by atoms with Gasteiger partial charge in [-0.25, -0.2) is 8.42 Å². The van der Waals surface area contributed by atoms with Gasteiger partial charge in [0.15, 0.2) is 0 Å². The largest absolute Gasteiger partial charge is 0.497 e. The molecule has 0 saturated heterocycles. The minimum atomic E-state index is -4.57. The highest BCUT2D eigenvalue weighted by Gasteiger charge is 2.34. The third kappa shape index (κ3) is 4.10. The second kappa shape index (κ2) is 7.55. The molecule has 2 aromatic rings. The van der Waals surface area contributed by atoms with Gasteiger partial charge in [-0.2, -0.15) is 17.5 Å². The van der Waals surface area contributed by atoms with Gasteiger partial charge in [-0.15, -0.1) is 0 Å². The van der Waals surface area contributed by atoms with Crippen LogP contribution < -0.4 is 9.47 Å². The second-order valence-electron chi connectivity index (χ2n) is 5.43. The lowest BCUT2D eigenvalue weighted by atomic mass is 10.1. The fourth-order valence-electron chi connectivity index (χ4n) is 2.41. The van der Waals surface area contributed by atoms with Crippen LogP contribution in [0.25, 0.3) is 0 Å². The molecule has 5 nitrogen and oxygen atoms in total. The highest BCUT2D eigenvalue weighted by molar-refractivity contribution is 7.89. The molecule has 2 aromatic carbocycles. The van der Waals surface area contributed by atoms with Crippen LogP contribution in [-0.4, -0.2) is 34.0 Å². The van der Waals surface area contributed by atoms with E-state index in [0.29, 0.717) is 0 Å². The Bertz CT molecular complexity index is 882. The van der Waals surface area contributed by atoms with Crippen LogP contribution in [0.3, 0.4) is 0 Å². The fraction of sp³-hybridized carbons (Fsp3) is 0.294. The van der Waals surface area contributed by atoms with Crippen LogP contribution in [0.1, 0.15) is 11.1 Å². The van der Waals surface area contributed by atoms with Crippen LogP contribution in [0, 0.1) is 0 Å². The van der Waals surface area contributed by atoms with E-state index in [1.54, 1.807) is 0 Å². The maximum atomic E-state index is 13.1. The Morgan fingerprint density at radius 2 is 1.69 bits per heavy atom.